The predicted molar refractivity (Wildman–Crippen MR) is 119 cm³/mol. The summed E-state index contributed by atoms with van der Waals surface area (Å²) in [7, 11) is -3.54. The van der Waals surface area contributed by atoms with Gasteiger partial charge in [-0.15, -0.1) is 10.2 Å². The minimum absolute atomic E-state index is 0.188. The fraction of sp³-hybridized carbons (Fsp3) is 0.500. The van der Waals surface area contributed by atoms with E-state index in [1.54, 1.807) is 30.0 Å². The molecule has 1 amide bonds. The van der Waals surface area contributed by atoms with Gasteiger partial charge < -0.3 is 5.32 Å². The number of aryl methyl sites for hydroxylation is 1. The largest absolute Gasteiger partial charge is 0.325 e. The van der Waals surface area contributed by atoms with Gasteiger partial charge in [-0.05, 0) is 43.2 Å². The van der Waals surface area contributed by atoms with E-state index in [4.69, 9.17) is 0 Å². The van der Waals surface area contributed by atoms with Crippen LogP contribution in [0.4, 0.5) is 5.69 Å². The Kier molecular flexibility index (Phi) is 7.97. The third-order valence-corrected chi connectivity index (χ3v) is 9.39. The number of nitrogens with one attached hydrogen (secondary N) is 1. The van der Waals surface area contributed by atoms with Crippen molar-refractivity contribution < 1.29 is 13.2 Å². The summed E-state index contributed by atoms with van der Waals surface area (Å²) in [5.41, 5.74) is 1.34. The molecule has 2 heterocycles. The van der Waals surface area contributed by atoms with Crippen molar-refractivity contribution in [2.24, 2.45) is 0 Å². The molecular weight excluding hydrogens is 448 g/mol. The van der Waals surface area contributed by atoms with E-state index < -0.39 is 10.0 Å². The first-order chi connectivity index (χ1) is 13.9. The van der Waals surface area contributed by atoms with Gasteiger partial charge in [0.1, 0.15) is 0 Å². The zero-order valence-corrected chi connectivity index (χ0v) is 19.6. The molecule has 11 heteroatoms. The van der Waals surface area contributed by atoms with Crippen LogP contribution in [0.2, 0.25) is 0 Å². The second-order valence-corrected chi connectivity index (χ2v) is 12.2. The maximum Gasteiger partial charge on any atom is 0.243 e. The molecule has 0 bridgehead atoms. The van der Waals surface area contributed by atoms with Crippen LogP contribution in [-0.2, 0) is 14.8 Å². The Morgan fingerprint density at radius 2 is 1.86 bits per heavy atom. The molecule has 1 aromatic carbocycles. The van der Waals surface area contributed by atoms with Gasteiger partial charge in [0.05, 0.1) is 10.6 Å². The van der Waals surface area contributed by atoms with Crippen molar-refractivity contribution in [3.63, 3.8) is 0 Å². The Hall–Kier alpha value is -1.14. The molecule has 1 fully saturated rings. The number of sulfonamides is 1. The zero-order chi connectivity index (χ0) is 20.9. The van der Waals surface area contributed by atoms with Crippen LogP contribution in [0.1, 0.15) is 31.7 Å². The summed E-state index contributed by atoms with van der Waals surface area (Å²) in [4.78, 5) is 12.6. The summed E-state index contributed by atoms with van der Waals surface area (Å²) in [5, 5.41) is 11.0. The summed E-state index contributed by atoms with van der Waals surface area (Å²) in [6.45, 7) is 5.00. The molecule has 1 N–H and O–H groups in total. The molecule has 0 atom stereocenters. The van der Waals surface area contributed by atoms with E-state index in [9.17, 15) is 13.2 Å². The second kappa shape index (κ2) is 10.3. The van der Waals surface area contributed by atoms with Crippen molar-refractivity contribution in [3.05, 3.63) is 23.8 Å². The van der Waals surface area contributed by atoms with Crippen molar-refractivity contribution in [3.8, 4) is 0 Å². The molecule has 0 unspecified atom stereocenters. The molecule has 0 saturated carbocycles. The summed E-state index contributed by atoms with van der Waals surface area (Å²) in [6.07, 6.45) is 2.83. The lowest BCUT2D eigenvalue weighted by atomic mass is 10.2. The van der Waals surface area contributed by atoms with E-state index in [0.717, 1.165) is 39.3 Å². The van der Waals surface area contributed by atoms with Gasteiger partial charge >= 0.3 is 0 Å². The molecule has 2 aromatic rings. The van der Waals surface area contributed by atoms with Gasteiger partial charge in [-0.3, -0.25) is 4.79 Å². The van der Waals surface area contributed by atoms with E-state index in [0.29, 0.717) is 18.8 Å². The number of nitrogens with zero attached hydrogens (tertiary/aromatic N) is 3. The second-order valence-electron chi connectivity index (χ2n) is 6.55. The number of rotatable bonds is 8. The lowest BCUT2D eigenvalue weighted by Crippen LogP contribution is -2.35. The van der Waals surface area contributed by atoms with Crippen LogP contribution < -0.4 is 5.32 Å². The lowest BCUT2D eigenvalue weighted by molar-refractivity contribution is -0.113. The number of hydrogen-bond donors (Lipinski definition) is 1. The van der Waals surface area contributed by atoms with E-state index in [-0.39, 0.29) is 16.6 Å². The summed E-state index contributed by atoms with van der Waals surface area (Å²) in [6, 6.07) is 4.90. The van der Waals surface area contributed by atoms with Crippen LogP contribution in [0.25, 0.3) is 0 Å². The monoisotopic (exact) mass is 472 g/mol. The van der Waals surface area contributed by atoms with E-state index >= 15 is 0 Å². The number of hydrogen-bond acceptors (Lipinski definition) is 8. The quantitative estimate of drug-likeness (QED) is 0.583. The van der Waals surface area contributed by atoms with Crippen molar-refractivity contribution in [2.75, 3.05) is 29.9 Å². The van der Waals surface area contributed by atoms with Gasteiger partial charge in [0.2, 0.25) is 15.9 Å². The molecule has 0 radical (unpaired) electrons. The van der Waals surface area contributed by atoms with Crippen LogP contribution in [0.5, 0.6) is 0 Å². The van der Waals surface area contributed by atoms with E-state index in [1.807, 2.05) is 13.8 Å². The SMILES string of the molecule is CCSc1nnc(SCC(=O)Nc2cc(S(=O)(=O)N3CCCCC3)ccc2C)s1. The Morgan fingerprint density at radius 1 is 1.17 bits per heavy atom. The van der Waals surface area contributed by atoms with Crippen LogP contribution in [0, 0.1) is 6.92 Å². The Labute approximate surface area is 184 Å². The van der Waals surface area contributed by atoms with Gasteiger partial charge in [0, 0.05) is 18.8 Å². The van der Waals surface area contributed by atoms with Crippen molar-refractivity contribution in [1.82, 2.24) is 14.5 Å². The number of anilines is 1. The van der Waals surface area contributed by atoms with E-state index in [2.05, 4.69) is 15.5 Å². The topological polar surface area (TPSA) is 92.3 Å². The standard InChI is InChI=1S/C18H24N4O3S4/c1-3-26-17-20-21-18(28-17)27-12-16(23)19-15-11-14(8-7-13(15)2)29(24,25)22-9-5-4-6-10-22/h7-8,11H,3-6,9-10,12H2,1-2H3,(H,19,23). The Morgan fingerprint density at radius 3 is 2.55 bits per heavy atom. The predicted octanol–water partition coefficient (Wildman–Crippen LogP) is 3.86. The average Bonchev–Trinajstić information content (AvgIpc) is 3.16. The minimum atomic E-state index is -3.54. The summed E-state index contributed by atoms with van der Waals surface area (Å²) >= 11 is 4.42. The van der Waals surface area contributed by atoms with Crippen molar-refractivity contribution in [2.45, 2.75) is 46.7 Å². The molecule has 158 valence electrons. The highest BCUT2D eigenvalue weighted by Gasteiger charge is 2.26. The molecule has 3 rings (SSSR count). The smallest absolute Gasteiger partial charge is 0.243 e. The Balaban J connectivity index is 1.65. The Bertz CT molecular complexity index is 956. The van der Waals surface area contributed by atoms with Crippen molar-refractivity contribution >= 4 is 56.5 Å². The molecule has 0 spiro atoms. The number of amides is 1. The third-order valence-electron chi connectivity index (χ3n) is 4.42. The van der Waals surface area contributed by atoms with Crippen LogP contribution in [0.3, 0.4) is 0 Å². The maximum absolute atomic E-state index is 12.9. The molecular formula is C18H24N4O3S4. The first-order valence-electron chi connectivity index (χ1n) is 9.40. The minimum Gasteiger partial charge on any atom is -0.325 e. The highest BCUT2D eigenvalue weighted by atomic mass is 32.2. The third kappa shape index (κ3) is 5.94. The lowest BCUT2D eigenvalue weighted by Gasteiger charge is -2.26. The van der Waals surface area contributed by atoms with Gasteiger partial charge in [-0.1, -0.05) is 54.3 Å². The first kappa shape index (κ1) is 22.5. The number of piperidine rings is 1. The maximum atomic E-state index is 12.9. The molecule has 0 aliphatic carbocycles. The van der Waals surface area contributed by atoms with Crippen LogP contribution in [-0.4, -0.2) is 53.4 Å². The normalized spacial score (nSPS) is 15.4. The van der Waals surface area contributed by atoms with Gasteiger partial charge in [0.15, 0.2) is 8.68 Å². The summed E-state index contributed by atoms with van der Waals surface area (Å²) < 4.78 is 29.0. The molecule has 7 nitrogen and oxygen atoms in total. The fourth-order valence-corrected chi connectivity index (χ4v) is 7.16. The molecule has 1 saturated heterocycles. The molecule has 1 aliphatic heterocycles. The van der Waals surface area contributed by atoms with E-state index in [1.165, 1.54) is 27.4 Å². The number of aromatic nitrogens is 2. The number of benzene rings is 1. The zero-order valence-electron chi connectivity index (χ0n) is 16.4. The first-order valence-corrected chi connectivity index (χ1v) is 13.6. The van der Waals surface area contributed by atoms with Gasteiger partial charge in [-0.25, -0.2) is 8.42 Å². The number of carbonyl (C=O) groups is 1. The highest BCUT2D eigenvalue weighted by Crippen LogP contribution is 2.29. The van der Waals surface area contributed by atoms with Crippen LogP contribution in [0.15, 0.2) is 31.8 Å². The molecule has 1 aliphatic rings. The molecule has 29 heavy (non-hydrogen) atoms. The van der Waals surface area contributed by atoms with Crippen LogP contribution >= 0.6 is 34.9 Å². The van der Waals surface area contributed by atoms with Gasteiger partial charge in [-0.2, -0.15) is 4.31 Å². The highest BCUT2D eigenvalue weighted by molar-refractivity contribution is 8.03. The molecule has 1 aromatic heterocycles. The van der Waals surface area contributed by atoms with Crippen molar-refractivity contribution in [1.29, 1.82) is 0 Å². The number of carbonyl (C=O) groups excluding carboxylic acids is 1. The number of thioether (sulfide) groups is 2. The van der Waals surface area contributed by atoms with Gasteiger partial charge in [0.25, 0.3) is 0 Å². The fourth-order valence-electron chi connectivity index (χ4n) is 2.90. The summed E-state index contributed by atoms with van der Waals surface area (Å²) in [5.74, 6) is 0.912. The average molecular weight is 473 g/mol.